The summed E-state index contributed by atoms with van der Waals surface area (Å²) in [7, 11) is 1.53. The molecule has 0 saturated heterocycles. The minimum atomic E-state index is -0.461. The topological polar surface area (TPSA) is 98.6 Å². The maximum absolute atomic E-state index is 12.3. The van der Waals surface area contributed by atoms with Gasteiger partial charge in [-0.05, 0) is 37.3 Å². The lowest BCUT2D eigenvalue weighted by Gasteiger charge is -2.05. The van der Waals surface area contributed by atoms with E-state index < -0.39 is 5.91 Å². The molecule has 1 aromatic carbocycles. The molecule has 2 aromatic heterocycles. The molecule has 0 aliphatic rings. The highest BCUT2D eigenvalue weighted by molar-refractivity contribution is 5.93. The van der Waals surface area contributed by atoms with Gasteiger partial charge in [-0.2, -0.15) is 5.10 Å². The Morgan fingerprint density at radius 1 is 1.21 bits per heavy atom. The Morgan fingerprint density at radius 2 is 2.04 bits per heavy atom. The normalized spacial score (nSPS) is 10.6. The maximum atomic E-state index is 12.3. The minimum Gasteiger partial charge on any atom is -0.494 e. The summed E-state index contributed by atoms with van der Waals surface area (Å²) in [4.78, 5) is 24.8. The fraction of sp³-hybridized carbons (Fsp3) is 0.150. The number of aromatic nitrogens is 3. The van der Waals surface area contributed by atoms with Crippen molar-refractivity contribution >= 4 is 12.1 Å². The zero-order valence-electron chi connectivity index (χ0n) is 15.5. The average molecular weight is 377 g/mol. The van der Waals surface area contributed by atoms with E-state index in [1.807, 2.05) is 31.2 Å². The summed E-state index contributed by atoms with van der Waals surface area (Å²) in [5.41, 5.74) is 4.75. The first-order valence-corrected chi connectivity index (χ1v) is 8.58. The Morgan fingerprint density at radius 3 is 2.79 bits per heavy atom. The molecule has 142 valence electrons. The van der Waals surface area contributed by atoms with Crippen LogP contribution in [0.15, 0.2) is 60.1 Å². The number of carbonyl (C=O) groups excluding carboxylic acids is 1. The van der Waals surface area contributed by atoms with Crippen molar-refractivity contribution in [1.29, 1.82) is 0 Å². The number of hydrogen-bond acceptors (Lipinski definition) is 7. The van der Waals surface area contributed by atoms with Crippen molar-refractivity contribution in [1.82, 2.24) is 20.4 Å². The smallest absolute Gasteiger partial charge is 0.291 e. The highest BCUT2D eigenvalue weighted by Crippen LogP contribution is 2.20. The molecular formula is C20H19N5O3. The average Bonchev–Trinajstić information content (AvgIpc) is 2.75. The molecule has 0 aliphatic heterocycles. The van der Waals surface area contributed by atoms with Crippen LogP contribution in [-0.4, -0.2) is 40.8 Å². The van der Waals surface area contributed by atoms with Crippen molar-refractivity contribution < 1.29 is 14.3 Å². The van der Waals surface area contributed by atoms with Crippen molar-refractivity contribution in [2.45, 2.75) is 6.92 Å². The van der Waals surface area contributed by atoms with Crippen molar-refractivity contribution in [3.63, 3.8) is 0 Å². The number of ether oxygens (including phenoxy) is 2. The van der Waals surface area contributed by atoms with Gasteiger partial charge < -0.3 is 9.47 Å². The number of pyridine rings is 1. The van der Waals surface area contributed by atoms with Crippen LogP contribution < -0.4 is 14.9 Å². The Kier molecular flexibility index (Phi) is 6.25. The second-order valence-corrected chi connectivity index (χ2v) is 5.58. The number of carbonyl (C=O) groups is 1. The molecule has 0 aliphatic carbocycles. The van der Waals surface area contributed by atoms with Crippen LogP contribution in [0.25, 0.3) is 11.3 Å². The third kappa shape index (κ3) is 4.88. The maximum Gasteiger partial charge on any atom is 0.291 e. The molecule has 0 bridgehead atoms. The van der Waals surface area contributed by atoms with Crippen molar-refractivity contribution in [3.8, 4) is 22.9 Å². The molecule has 3 rings (SSSR count). The lowest BCUT2D eigenvalue weighted by molar-refractivity contribution is 0.0950. The van der Waals surface area contributed by atoms with Gasteiger partial charge in [-0.3, -0.25) is 9.78 Å². The van der Waals surface area contributed by atoms with Gasteiger partial charge in [0.15, 0.2) is 0 Å². The quantitative estimate of drug-likeness (QED) is 0.502. The highest BCUT2D eigenvalue weighted by Gasteiger charge is 2.09. The van der Waals surface area contributed by atoms with Crippen LogP contribution in [0.3, 0.4) is 0 Å². The second-order valence-electron chi connectivity index (χ2n) is 5.58. The summed E-state index contributed by atoms with van der Waals surface area (Å²) in [5.74, 6) is 0.775. The Hall–Kier alpha value is -3.81. The zero-order valence-corrected chi connectivity index (χ0v) is 15.5. The Labute approximate surface area is 162 Å². The van der Waals surface area contributed by atoms with E-state index in [1.54, 1.807) is 24.5 Å². The van der Waals surface area contributed by atoms with Crippen LogP contribution in [0.1, 0.15) is 23.0 Å². The van der Waals surface area contributed by atoms with E-state index in [1.165, 1.54) is 19.5 Å². The third-order valence-electron chi connectivity index (χ3n) is 3.68. The number of hydrazone groups is 1. The van der Waals surface area contributed by atoms with Gasteiger partial charge in [0.05, 0.1) is 38.0 Å². The molecule has 0 spiro atoms. The van der Waals surface area contributed by atoms with Gasteiger partial charge in [-0.15, -0.1) is 0 Å². The SMILES string of the molecule is CCOc1ccc(-c2cncc(C(=O)NN=Cc3ccnc(OC)c3)n2)cc1. The standard InChI is InChI=1S/C20H19N5O3/c1-3-28-16-6-4-15(5-7-16)17-12-21-13-18(24-17)20(26)25-23-11-14-8-9-22-19(10-14)27-2/h4-13H,3H2,1-2H3,(H,25,26). The number of amides is 1. The van der Waals surface area contributed by atoms with Crippen LogP contribution in [-0.2, 0) is 0 Å². The van der Waals surface area contributed by atoms with Crippen LogP contribution in [0, 0.1) is 0 Å². The molecule has 0 atom stereocenters. The second kappa shape index (κ2) is 9.22. The summed E-state index contributed by atoms with van der Waals surface area (Å²) < 4.78 is 10.5. The van der Waals surface area contributed by atoms with Gasteiger partial charge in [0.1, 0.15) is 11.4 Å². The first-order valence-electron chi connectivity index (χ1n) is 8.58. The number of benzene rings is 1. The predicted octanol–water partition coefficient (Wildman–Crippen LogP) is 2.71. The van der Waals surface area contributed by atoms with Crippen molar-refractivity contribution in [2.75, 3.05) is 13.7 Å². The molecule has 0 saturated carbocycles. The molecule has 3 aromatic rings. The molecule has 2 heterocycles. The summed E-state index contributed by atoms with van der Waals surface area (Å²) in [5, 5.41) is 3.94. The fourth-order valence-electron chi connectivity index (χ4n) is 2.34. The molecule has 0 unspecified atom stereocenters. The van der Waals surface area contributed by atoms with Crippen molar-refractivity contribution in [3.05, 3.63) is 66.2 Å². The summed E-state index contributed by atoms with van der Waals surface area (Å²) >= 11 is 0. The first-order chi connectivity index (χ1) is 13.7. The number of methoxy groups -OCH3 is 1. The van der Waals surface area contributed by atoms with E-state index in [-0.39, 0.29) is 5.69 Å². The van der Waals surface area contributed by atoms with Crippen LogP contribution in [0.2, 0.25) is 0 Å². The van der Waals surface area contributed by atoms with Gasteiger partial charge in [0.2, 0.25) is 5.88 Å². The molecule has 28 heavy (non-hydrogen) atoms. The lowest BCUT2D eigenvalue weighted by Crippen LogP contribution is -2.19. The summed E-state index contributed by atoms with van der Waals surface area (Å²) in [6.45, 7) is 2.52. The summed E-state index contributed by atoms with van der Waals surface area (Å²) in [6, 6.07) is 10.9. The van der Waals surface area contributed by atoms with E-state index in [4.69, 9.17) is 9.47 Å². The largest absolute Gasteiger partial charge is 0.494 e. The van der Waals surface area contributed by atoms with Crippen LogP contribution in [0.5, 0.6) is 11.6 Å². The monoisotopic (exact) mass is 377 g/mol. The van der Waals surface area contributed by atoms with Crippen molar-refractivity contribution in [2.24, 2.45) is 5.10 Å². The Bertz CT molecular complexity index is 974. The molecule has 0 fully saturated rings. The van der Waals surface area contributed by atoms with Gasteiger partial charge >= 0.3 is 0 Å². The fourth-order valence-corrected chi connectivity index (χ4v) is 2.34. The van der Waals surface area contributed by atoms with E-state index in [0.29, 0.717) is 18.2 Å². The Balaban J connectivity index is 1.68. The molecule has 1 amide bonds. The molecule has 8 heteroatoms. The number of hydrogen-bond donors (Lipinski definition) is 1. The van der Waals surface area contributed by atoms with E-state index in [0.717, 1.165) is 16.9 Å². The van der Waals surface area contributed by atoms with E-state index >= 15 is 0 Å². The number of nitrogens with zero attached hydrogens (tertiary/aromatic N) is 4. The molecule has 1 N–H and O–H groups in total. The third-order valence-corrected chi connectivity index (χ3v) is 3.68. The highest BCUT2D eigenvalue weighted by atomic mass is 16.5. The van der Waals surface area contributed by atoms with Gasteiger partial charge in [0.25, 0.3) is 5.91 Å². The van der Waals surface area contributed by atoms with E-state index in [2.05, 4.69) is 25.5 Å². The molecular weight excluding hydrogens is 358 g/mol. The van der Waals surface area contributed by atoms with Crippen LogP contribution >= 0.6 is 0 Å². The lowest BCUT2D eigenvalue weighted by atomic mass is 10.1. The zero-order chi connectivity index (χ0) is 19.8. The minimum absolute atomic E-state index is 0.163. The first kappa shape index (κ1) is 19.0. The molecule has 8 nitrogen and oxygen atoms in total. The van der Waals surface area contributed by atoms with Gasteiger partial charge in [-0.1, -0.05) is 0 Å². The molecule has 0 radical (unpaired) electrons. The number of rotatable bonds is 7. The van der Waals surface area contributed by atoms with Gasteiger partial charge in [-0.25, -0.2) is 15.4 Å². The van der Waals surface area contributed by atoms with E-state index in [9.17, 15) is 4.79 Å². The predicted molar refractivity (Wildman–Crippen MR) is 104 cm³/mol. The van der Waals surface area contributed by atoms with Gasteiger partial charge in [0, 0.05) is 23.4 Å². The number of nitrogens with one attached hydrogen (secondary N) is 1. The summed E-state index contributed by atoms with van der Waals surface area (Å²) in [6.07, 6.45) is 6.07. The van der Waals surface area contributed by atoms with Crippen LogP contribution in [0.4, 0.5) is 0 Å².